The van der Waals surface area contributed by atoms with E-state index >= 15 is 0 Å². The number of benzene rings is 1. The van der Waals surface area contributed by atoms with E-state index in [9.17, 15) is 13.2 Å². The Morgan fingerprint density at radius 1 is 1.04 bits per heavy atom. The maximum Gasteiger partial charge on any atom is 0.401 e. The Labute approximate surface area is 142 Å². The van der Waals surface area contributed by atoms with E-state index in [2.05, 4.69) is 15.1 Å². The molecule has 8 heteroatoms. The van der Waals surface area contributed by atoms with Crippen LogP contribution in [0.25, 0.3) is 10.8 Å². The summed E-state index contributed by atoms with van der Waals surface area (Å²) in [6.45, 7) is 0.239. The zero-order valence-electron chi connectivity index (χ0n) is 12.8. The van der Waals surface area contributed by atoms with Gasteiger partial charge in [0, 0.05) is 35.9 Å². The summed E-state index contributed by atoms with van der Waals surface area (Å²) < 4.78 is 38.4. The zero-order valence-corrected chi connectivity index (χ0v) is 13.6. The molecule has 2 aliphatic heterocycles. The Kier molecular flexibility index (Phi) is 3.80. The Balaban J connectivity index is 1.64. The molecule has 2 fully saturated rings. The molecule has 4 nitrogen and oxygen atoms in total. The van der Waals surface area contributed by atoms with Crippen molar-refractivity contribution in [1.29, 1.82) is 0 Å². The van der Waals surface area contributed by atoms with Gasteiger partial charge in [-0.1, -0.05) is 35.9 Å². The van der Waals surface area contributed by atoms with Crippen molar-refractivity contribution in [3.8, 4) is 0 Å². The van der Waals surface area contributed by atoms with Gasteiger partial charge in [-0.2, -0.15) is 13.2 Å². The van der Waals surface area contributed by atoms with E-state index in [4.69, 9.17) is 11.6 Å². The first-order valence-electron chi connectivity index (χ1n) is 7.91. The first-order chi connectivity index (χ1) is 11.4. The largest absolute Gasteiger partial charge is 0.401 e. The van der Waals surface area contributed by atoms with Gasteiger partial charge in [0.2, 0.25) is 0 Å². The maximum absolute atomic E-state index is 12.8. The fourth-order valence-electron chi connectivity index (χ4n) is 3.92. The summed E-state index contributed by atoms with van der Waals surface area (Å²) in [5.74, 6) is 0.707. The molecule has 0 radical (unpaired) electrons. The van der Waals surface area contributed by atoms with E-state index < -0.39 is 12.7 Å². The van der Waals surface area contributed by atoms with Gasteiger partial charge in [0.05, 0.1) is 6.54 Å². The lowest BCUT2D eigenvalue weighted by Crippen LogP contribution is -2.56. The number of piperazine rings is 1. The fraction of sp³-hybridized carbons (Fsp3) is 0.500. The molecule has 1 aromatic carbocycles. The molecule has 2 unspecified atom stereocenters. The number of halogens is 4. The predicted molar refractivity (Wildman–Crippen MR) is 86.3 cm³/mol. The van der Waals surface area contributed by atoms with E-state index in [1.807, 2.05) is 24.3 Å². The molecule has 0 aliphatic carbocycles. The van der Waals surface area contributed by atoms with Crippen LogP contribution in [0.2, 0.25) is 5.15 Å². The molecule has 4 rings (SSSR count). The van der Waals surface area contributed by atoms with Crippen molar-refractivity contribution in [2.24, 2.45) is 0 Å². The molecule has 2 atom stereocenters. The van der Waals surface area contributed by atoms with Crippen LogP contribution in [0.3, 0.4) is 0 Å². The number of rotatable bonds is 2. The Morgan fingerprint density at radius 3 is 2.29 bits per heavy atom. The van der Waals surface area contributed by atoms with Crippen LogP contribution in [0.15, 0.2) is 24.3 Å². The predicted octanol–water partition coefficient (Wildman–Crippen LogP) is 3.50. The average Bonchev–Trinajstić information content (AvgIpc) is 2.76. The molecule has 2 aromatic rings. The smallest absolute Gasteiger partial charge is 0.351 e. The van der Waals surface area contributed by atoms with Crippen molar-refractivity contribution in [3.05, 3.63) is 29.4 Å². The summed E-state index contributed by atoms with van der Waals surface area (Å²) in [4.78, 5) is 3.66. The molecule has 24 heavy (non-hydrogen) atoms. The normalized spacial score (nSPS) is 24.8. The van der Waals surface area contributed by atoms with Crippen LogP contribution in [-0.2, 0) is 0 Å². The minimum Gasteiger partial charge on any atom is -0.351 e. The number of fused-ring (bicyclic) bond motifs is 3. The van der Waals surface area contributed by atoms with E-state index in [1.54, 1.807) is 4.90 Å². The van der Waals surface area contributed by atoms with Crippen LogP contribution in [0.1, 0.15) is 12.8 Å². The highest BCUT2D eigenvalue weighted by molar-refractivity contribution is 6.34. The van der Waals surface area contributed by atoms with Gasteiger partial charge in [0.15, 0.2) is 11.0 Å². The Bertz CT molecular complexity index is 753. The molecule has 0 amide bonds. The number of hydrogen-bond donors (Lipinski definition) is 0. The lowest BCUT2D eigenvalue weighted by atomic mass is 10.1. The summed E-state index contributed by atoms with van der Waals surface area (Å²) in [6.07, 6.45) is -2.58. The van der Waals surface area contributed by atoms with Crippen molar-refractivity contribution in [1.82, 2.24) is 15.1 Å². The summed E-state index contributed by atoms with van der Waals surface area (Å²) in [5, 5.41) is 10.3. The third-order valence-corrected chi connectivity index (χ3v) is 5.20. The Hall–Kier alpha value is -1.60. The van der Waals surface area contributed by atoms with Crippen molar-refractivity contribution >= 4 is 28.2 Å². The molecule has 0 spiro atoms. The quantitative estimate of drug-likeness (QED) is 0.824. The van der Waals surface area contributed by atoms with Gasteiger partial charge < -0.3 is 4.90 Å². The second-order valence-electron chi connectivity index (χ2n) is 6.44. The number of nitrogens with zero attached hydrogens (tertiary/aromatic N) is 4. The maximum atomic E-state index is 12.8. The van der Waals surface area contributed by atoms with Crippen LogP contribution in [0.4, 0.5) is 19.0 Å². The molecule has 1 aromatic heterocycles. The van der Waals surface area contributed by atoms with Gasteiger partial charge in [0.25, 0.3) is 0 Å². The van der Waals surface area contributed by atoms with Crippen LogP contribution >= 0.6 is 11.6 Å². The number of alkyl halides is 3. The van der Waals surface area contributed by atoms with Crippen LogP contribution < -0.4 is 4.90 Å². The van der Waals surface area contributed by atoms with E-state index in [0.29, 0.717) is 24.1 Å². The molecule has 3 heterocycles. The molecular formula is C16H16ClF3N4. The molecule has 2 saturated heterocycles. The second-order valence-corrected chi connectivity index (χ2v) is 6.80. The lowest BCUT2D eigenvalue weighted by molar-refractivity contribution is -0.153. The van der Waals surface area contributed by atoms with E-state index in [1.165, 1.54) is 0 Å². The number of aromatic nitrogens is 2. The molecular weight excluding hydrogens is 341 g/mol. The SMILES string of the molecule is FC(F)(F)CN1C2CCC1CN(c1nnc(Cl)c3ccccc13)C2. The van der Waals surface area contributed by atoms with Gasteiger partial charge in [-0.3, -0.25) is 4.90 Å². The third kappa shape index (κ3) is 2.80. The van der Waals surface area contributed by atoms with Gasteiger partial charge in [-0.15, -0.1) is 10.2 Å². The first kappa shape index (κ1) is 15.9. The average molecular weight is 357 g/mol. The summed E-state index contributed by atoms with van der Waals surface area (Å²) in [6, 6.07) is 7.39. The second kappa shape index (κ2) is 5.74. The van der Waals surface area contributed by atoms with Gasteiger partial charge in [-0.05, 0) is 12.8 Å². The Morgan fingerprint density at radius 2 is 1.67 bits per heavy atom. The summed E-state index contributed by atoms with van der Waals surface area (Å²) in [7, 11) is 0. The van der Waals surface area contributed by atoms with Crippen LogP contribution in [-0.4, -0.2) is 53.0 Å². The minimum absolute atomic E-state index is 0.0957. The lowest BCUT2D eigenvalue weighted by Gasteiger charge is -2.41. The molecule has 0 N–H and O–H groups in total. The number of hydrogen-bond acceptors (Lipinski definition) is 4. The zero-order chi connectivity index (χ0) is 16.9. The van der Waals surface area contributed by atoms with Crippen molar-refractivity contribution in [2.75, 3.05) is 24.5 Å². The number of anilines is 1. The van der Waals surface area contributed by atoms with Crippen molar-refractivity contribution in [2.45, 2.75) is 31.1 Å². The topological polar surface area (TPSA) is 32.3 Å². The summed E-state index contributed by atoms with van der Waals surface area (Å²) >= 11 is 6.11. The van der Waals surface area contributed by atoms with E-state index in [0.717, 1.165) is 23.6 Å². The van der Waals surface area contributed by atoms with Gasteiger partial charge >= 0.3 is 6.18 Å². The molecule has 2 aliphatic rings. The van der Waals surface area contributed by atoms with Crippen LogP contribution in [0, 0.1) is 0 Å². The van der Waals surface area contributed by atoms with Gasteiger partial charge in [-0.25, -0.2) is 0 Å². The monoisotopic (exact) mass is 356 g/mol. The highest BCUT2D eigenvalue weighted by Gasteiger charge is 2.45. The summed E-state index contributed by atoms with van der Waals surface area (Å²) in [5.41, 5.74) is 0. The first-order valence-corrected chi connectivity index (χ1v) is 8.28. The molecule has 128 valence electrons. The fourth-order valence-corrected chi connectivity index (χ4v) is 4.12. The van der Waals surface area contributed by atoms with Crippen LogP contribution in [0.5, 0.6) is 0 Å². The van der Waals surface area contributed by atoms with E-state index in [-0.39, 0.29) is 12.1 Å². The molecule has 0 saturated carbocycles. The highest BCUT2D eigenvalue weighted by atomic mass is 35.5. The standard InChI is InChI=1S/C16H16ClF3N4/c17-14-12-3-1-2-4-13(12)15(22-21-14)23-7-10-5-6-11(8-23)24(10)9-16(18,19)20/h1-4,10-11H,5-9H2. The molecule has 2 bridgehead atoms. The van der Waals surface area contributed by atoms with Crippen molar-refractivity contribution < 1.29 is 13.2 Å². The third-order valence-electron chi connectivity index (χ3n) is 4.92. The highest BCUT2D eigenvalue weighted by Crippen LogP contribution is 2.36. The van der Waals surface area contributed by atoms with Gasteiger partial charge in [0.1, 0.15) is 0 Å². The van der Waals surface area contributed by atoms with Crippen molar-refractivity contribution in [3.63, 3.8) is 0 Å². The minimum atomic E-state index is -4.16.